The lowest BCUT2D eigenvalue weighted by atomic mass is 9.75. The molecule has 0 aliphatic rings. The third-order valence-electron chi connectivity index (χ3n) is 4.16. The van der Waals surface area contributed by atoms with Gasteiger partial charge in [-0.1, -0.05) is 60.8 Å². The Balaban J connectivity index is 4.13. The highest BCUT2D eigenvalue weighted by molar-refractivity contribution is 4.72. The maximum Gasteiger partial charge on any atom is -0.0386 e. The van der Waals surface area contributed by atoms with E-state index in [9.17, 15) is 0 Å². The fourth-order valence-electron chi connectivity index (χ4n) is 2.35. The van der Waals surface area contributed by atoms with Crippen LogP contribution >= 0.6 is 0 Å². The minimum atomic E-state index is 0.884. The second kappa shape index (κ2) is 6.45. The predicted molar refractivity (Wildman–Crippen MR) is 61.9 cm³/mol. The normalized spacial score (nSPS) is 18.7. The largest absolute Gasteiger partial charge is 0.0651 e. The Bertz CT molecular complexity index is 113. The Labute approximate surface area is 85.1 Å². The van der Waals surface area contributed by atoms with Crippen molar-refractivity contribution in [2.45, 2.75) is 60.8 Å². The van der Waals surface area contributed by atoms with E-state index in [1.165, 1.54) is 19.3 Å². The summed E-state index contributed by atoms with van der Waals surface area (Å²) in [7, 11) is 0. The molecule has 3 atom stereocenters. The Kier molecular flexibility index (Phi) is 6.45. The molecule has 13 heavy (non-hydrogen) atoms. The molecule has 0 aliphatic carbocycles. The van der Waals surface area contributed by atoms with Crippen molar-refractivity contribution in [3.63, 3.8) is 0 Å². The van der Waals surface area contributed by atoms with Crippen LogP contribution in [0.15, 0.2) is 0 Å². The van der Waals surface area contributed by atoms with Gasteiger partial charge in [-0.2, -0.15) is 0 Å². The van der Waals surface area contributed by atoms with Gasteiger partial charge in [-0.15, -0.1) is 0 Å². The van der Waals surface area contributed by atoms with Crippen LogP contribution in [0.5, 0.6) is 0 Å². The smallest absolute Gasteiger partial charge is 0.0386 e. The van der Waals surface area contributed by atoms with Gasteiger partial charge >= 0.3 is 0 Å². The molecule has 80 valence electrons. The van der Waals surface area contributed by atoms with Gasteiger partial charge in [0, 0.05) is 0 Å². The molecule has 0 aromatic heterocycles. The average molecular weight is 184 g/mol. The first-order valence-electron chi connectivity index (χ1n) is 6.08. The van der Waals surface area contributed by atoms with E-state index in [0.717, 1.165) is 23.7 Å². The molecule has 0 radical (unpaired) electrons. The van der Waals surface area contributed by atoms with Gasteiger partial charge in [-0.05, 0) is 23.7 Å². The van der Waals surface area contributed by atoms with Crippen molar-refractivity contribution in [2.24, 2.45) is 23.7 Å². The predicted octanol–water partition coefficient (Wildman–Crippen LogP) is 4.74. The summed E-state index contributed by atoms with van der Waals surface area (Å²) in [5.74, 6) is 3.60. The van der Waals surface area contributed by atoms with Gasteiger partial charge in [0.1, 0.15) is 0 Å². The molecule has 0 nitrogen and oxygen atoms in total. The van der Waals surface area contributed by atoms with Crippen LogP contribution in [-0.4, -0.2) is 0 Å². The SMILES string of the molecule is CCC(C)C(C)C(C)C(CC)CC. The van der Waals surface area contributed by atoms with Crippen LogP contribution in [0.3, 0.4) is 0 Å². The summed E-state index contributed by atoms with van der Waals surface area (Å²) in [6.07, 6.45) is 4.02. The standard InChI is InChI=1S/C13H28/c1-7-10(4)11(5)12(6)13(8-2)9-3/h10-13H,7-9H2,1-6H3. The molecule has 0 N–H and O–H groups in total. The van der Waals surface area contributed by atoms with Crippen LogP contribution in [0.25, 0.3) is 0 Å². The summed E-state index contributed by atoms with van der Waals surface area (Å²) in [5.41, 5.74) is 0. The molecule has 0 bridgehead atoms. The van der Waals surface area contributed by atoms with E-state index in [2.05, 4.69) is 41.5 Å². The summed E-state index contributed by atoms with van der Waals surface area (Å²) in [6.45, 7) is 14.2. The Hall–Kier alpha value is 0. The van der Waals surface area contributed by atoms with Crippen molar-refractivity contribution in [2.75, 3.05) is 0 Å². The van der Waals surface area contributed by atoms with E-state index >= 15 is 0 Å². The lowest BCUT2D eigenvalue weighted by Gasteiger charge is -2.31. The number of rotatable bonds is 6. The van der Waals surface area contributed by atoms with Gasteiger partial charge in [-0.25, -0.2) is 0 Å². The molecule has 0 heterocycles. The van der Waals surface area contributed by atoms with Gasteiger partial charge in [0.15, 0.2) is 0 Å². The summed E-state index contributed by atoms with van der Waals surface area (Å²) < 4.78 is 0. The molecule has 0 aliphatic heterocycles. The molecule has 0 spiro atoms. The lowest BCUT2D eigenvalue weighted by molar-refractivity contribution is 0.189. The minimum Gasteiger partial charge on any atom is -0.0651 e. The third-order valence-corrected chi connectivity index (χ3v) is 4.16. The fraction of sp³-hybridized carbons (Fsp3) is 1.00. The Morgan fingerprint density at radius 2 is 1.15 bits per heavy atom. The topological polar surface area (TPSA) is 0 Å². The van der Waals surface area contributed by atoms with Crippen molar-refractivity contribution >= 4 is 0 Å². The van der Waals surface area contributed by atoms with Crippen LogP contribution in [-0.2, 0) is 0 Å². The van der Waals surface area contributed by atoms with E-state index < -0.39 is 0 Å². The summed E-state index contributed by atoms with van der Waals surface area (Å²) in [5, 5.41) is 0. The second-order valence-corrected chi connectivity index (χ2v) is 4.68. The Morgan fingerprint density at radius 1 is 0.692 bits per heavy atom. The van der Waals surface area contributed by atoms with Crippen LogP contribution in [0.4, 0.5) is 0 Å². The van der Waals surface area contributed by atoms with E-state index in [1.807, 2.05) is 0 Å². The van der Waals surface area contributed by atoms with Gasteiger partial charge in [0.05, 0.1) is 0 Å². The van der Waals surface area contributed by atoms with Crippen molar-refractivity contribution < 1.29 is 0 Å². The average Bonchev–Trinajstić information content (AvgIpc) is 2.17. The summed E-state index contributed by atoms with van der Waals surface area (Å²) in [6, 6.07) is 0. The zero-order valence-electron chi connectivity index (χ0n) is 10.4. The molecule has 0 amide bonds. The van der Waals surface area contributed by atoms with E-state index in [4.69, 9.17) is 0 Å². The zero-order valence-corrected chi connectivity index (χ0v) is 10.4. The highest BCUT2D eigenvalue weighted by Gasteiger charge is 2.23. The van der Waals surface area contributed by atoms with E-state index in [1.54, 1.807) is 0 Å². The maximum absolute atomic E-state index is 2.44. The lowest BCUT2D eigenvalue weighted by Crippen LogP contribution is -2.23. The number of hydrogen-bond acceptors (Lipinski definition) is 0. The molecular weight excluding hydrogens is 156 g/mol. The van der Waals surface area contributed by atoms with Gasteiger partial charge in [-0.3, -0.25) is 0 Å². The molecule has 0 aromatic carbocycles. The quantitative estimate of drug-likeness (QED) is 0.559. The van der Waals surface area contributed by atoms with Crippen molar-refractivity contribution in [3.8, 4) is 0 Å². The first kappa shape index (κ1) is 13.0. The molecule has 0 fully saturated rings. The maximum atomic E-state index is 2.44. The summed E-state index contributed by atoms with van der Waals surface area (Å²) >= 11 is 0. The van der Waals surface area contributed by atoms with E-state index in [-0.39, 0.29) is 0 Å². The van der Waals surface area contributed by atoms with Crippen LogP contribution < -0.4 is 0 Å². The molecule has 0 rings (SSSR count). The van der Waals surface area contributed by atoms with Crippen LogP contribution in [0.2, 0.25) is 0 Å². The van der Waals surface area contributed by atoms with Gasteiger partial charge < -0.3 is 0 Å². The molecule has 0 saturated heterocycles. The zero-order chi connectivity index (χ0) is 10.4. The second-order valence-electron chi connectivity index (χ2n) is 4.68. The minimum absolute atomic E-state index is 0.884. The van der Waals surface area contributed by atoms with Crippen LogP contribution in [0.1, 0.15) is 60.8 Å². The highest BCUT2D eigenvalue weighted by atomic mass is 14.3. The first-order chi connectivity index (χ1) is 6.08. The third kappa shape index (κ3) is 3.70. The highest BCUT2D eigenvalue weighted by Crippen LogP contribution is 2.31. The van der Waals surface area contributed by atoms with Crippen molar-refractivity contribution in [1.82, 2.24) is 0 Å². The fourth-order valence-corrected chi connectivity index (χ4v) is 2.35. The molecule has 3 unspecified atom stereocenters. The molecule has 0 aromatic rings. The molecule has 0 heteroatoms. The monoisotopic (exact) mass is 184 g/mol. The number of hydrogen-bond donors (Lipinski definition) is 0. The van der Waals surface area contributed by atoms with Crippen molar-refractivity contribution in [1.29, 1.82) is 0 Å². The molecular formula is C13H28. The van der Waals surface area contributed by atoms with Crippen molar-refractivity contribution in [3.05, 3.63) is 0 Å². The Morgan fingerprint density at radius 3 is 1.46 bits per heavy atom. The van der Waals surface area contributed by atoms with Crippen LogP contribution in [0, 0.1) is 23.7 Å². The molecule has 0 saturated carbocycles. The summed E-state index contributed by atoms with van der Waals surface area (Å²) in [4.78, 5) is 0. The van der Waals surface area contributed by atoms with Gasteiger partial charge in [0.25, 0.3) is 0 Å². The first-order valence-corrected chi connectivity index (χ1v) is 6.08. The van der Waals surface area contributed by atoms with E-state index in [0.29, 0.717) is 0 Å². The van der Waals surface area contributed by atoms with Gasteiger partial charge in [0.2, 0.25) is 0 Å².